The number of halogens is 2. The van der Waals surface area contributed by atoms with Crippen LogP contribution in [0.15, 0.2) is 18.2 Å². The Morgan fingerprint density at radius 1 is 1.32 bits per heavy atom. The number of hydrogen-bond acceptors (Lipinski definition) is 2. The molecule has 1 atom stereocenters. The summed E-state index contributed by atoms with van der Waals surface area (Å²) in [5.74, 6) is 0.573. The monoisotopic (exact) mass is 301 g/mol. The molecule has 1 saturated carbocycles. The Labute approximate surface area is 124 Å². The summed E-state index contributed by atoms with van der Waals surface area (Å²) in [5.41, 5.74) is 6.96. The van der Waals surface area contributed by atoms with Gasteiger partial charge in [0, 0.05) is 17.0 Å². The fourth-order valence-electron chi connectivity index (χ4n) is 2.54. The zero-order valence-electron chi connectivity index (χ0n) is 11.1. The number of rotatable bonds is 5. The van der Waals surface area contributed by atoms with Crippen molar-refractivity contribution in [3.05, 3.63) is 34.6 Å². The summed E-state index contributed by atoms with van der Waals surface area (Å²) < 4.78 is 13.3. The standard InChI is InChI=1S/C15H21ClFNS/c16-15-11(5-4-8-14(15)17)9-12(18)10-19-13-6-2-1-3-7-13/h4-5,8,12-13H,1-3,6-7,9-10,18H2. The third kappa shape index (κ3) is 4.66. The molecule has 1 fully saturated rings. The first-order valence-corrected chi connectivity index (χ1v) is 8.39. The van der Waals surface area contributed by atoms with Gasteiger partial charge >= 0.3 is 0 Å². The normalized spacial score (nSPS) is 18.5. The van der Waals surface area contributed by atoms with Gasteiger partial charge in [0.15, 0.2) is 0 Å². The molecule has 0 spiro atoms. The van der Waals surface area contributed by atoms with Crippen molar-refractivity contribution in [1.29, 1.82) is 0 Å². The SMILES string of the molecule is NC(CSC1CCCCC1)Cc1cccc(F)c1Cl. The Hall–Kier alpha value is -0.250. The highest BCUT2D eigenvalue weighted by Crippen LogP contribution is 2.29. The van der Waals surface area contributed by atoms with E-state index in [1.807, 2.05) is 17.8 Å². The zero-order chi connectivity index (χ0) is 13.7. The van der Waals surface area contributed by atoms with Crippen molar-refractivity contribution in [2.24, 2.45) is 5.73 Å². The second-order valence-corrected chi connectivity index (χ2v) is 6.98. The topological polar surface area (TPSA) is 26.0 Å². The van der Waals surface area contributed by atoms with E-state index in [0.29, 0.717) is 6.42 Å². The average Bonchev–Trinajstić information content (AvgIpc) is 2.43. The first kappa shape index (κ1) is 15.1. The van der Waals surface area contributed by atoms with Crippen molar-refractivity contribution in [2.75, 3.05) is 5.75 Å². The molecular weight excluding hydrogens is 281 g/mol. The van der Waals surface area contributed by atoms with Crippen LogP contribution in [-0.2, 0) is 6.42 Å². The molecule has 1 aliphatic carbocycles. The van der Waals surface area contributed by atoms with Crippen molar-refractivity contribution in [1.82, 2.24) is 0 Å². The van der Waals surface area contributed by atoms with E-state index in [1.54, 1.807) is 6.07 Å². The van der Waals surface area contributed by atoms with Crippen LogP contribution in [-0.4, -0.2) is 17.0 Å². The van der Waals surface area contributed by atoms with Gasteiger partial charge < -0.3 is 5.73 Å². The molecule has 0 heterocycles. The van der Waals surface area contributed by atoms with Crippen LogP contribution < -0.4 is 5.73 Å². The van der Waals surface area contributed by atoms with Gasteiger partial charge in [-0.3, -0.25) is 0 Å². The van der Waals surface area contributed by atoms with Crippen LogP contribution in [0.3, 0.4) is 0 Å². The molecule has 0 amide bonds. The number of nitrogens with two attached hydrogens (primary N) is 1. The van der Waals surface area contributed by atoms with Crippen LogP contribution in [0.5, 0.6) is 0 Å². The van der Waals surface area contributed by atoms with Crippen molar-refractivity contribution in [3.8, 4) is 0 Å². The minimum atomic E-state index is -0.355. The predicted molar refractivity (Wildman–Crippen MR) is 82.4 cm³/mol. The van der Waals surface area contributed by atoms with Crippen LogP contribution in [0.1, 0.15) is 37.7 Å². The number of hydrogen-bond donors (Lipinski definition) is 1. The van der Waals surface area contributed by atoms with E-state index in [0.717, 1.165) is 16.6 Å². The van der Waals surface area contributed by atoms with Gasteiger partial charge in [0.05, 0.1) is 5.02 Å². The van der Waals surface area contributed by atoms with Gasteiger partial charge in [0.25, 0.3) is 0 Å². The maximum Gasteiger partial charge on any atom is 0.142 e. The summed E-state index contributed by atoms with van der Waals surface area (Å²) >= 11 is 7.92. The number of thioether (sulfide) groups is 1. The summed E-state index contributed by atoms with van der Waals surface area (Å²) in [5, 5.41) is 0.989. The molecule has 0 saturated heterocycles. The fraction of sp³-hybridized carbons (Fsp3) is 0.600. The molecule has 0 bridgehead atoms. The minimum absolute atomic E-state index is 0.0474. The molecule has 1 aliphatic rings. The smallest absolute Gasteiger partial charge is 0.142 e. The summed E-state index contributed by atoms with van der Waals surface area (Å²) in [7, 11) is 0. The summed E-state index contributed by atoms with van der Waals surface area (Å²) in [6.07, 6.45) is 7.36. The number of benzene rings is 1. The molecule has 0 aliphatic heterocycles. The van der Waals surface area contributed by atoms with Gasteiger partial charge in [-0.15, -0.1) is 0 Å². The summed E-state index contributed by atoms with van der Waals surface area (Å²) in [6, 6.07) is 4.98. The second kappa shape index (κ2) is 7.51. The molecule has 4 heteroatoms. The lowest BCUT2D eigenvalue weighted by Crippen LogP contribution is -2.27. The third-order valence-electron chi connectivity index (χ3n) is 3.61. The van der Waals surface area contributed by atoms with E-state index >= 15 is 0 Å². The largest absolute Gasteiger partial charge is 0.327 e. The van der Waals surface area contributed by atoms with E-state index in [-0.39, 0.29) is 16.9 Å². The van der Waals surface area contributed by atoms with Crippen LogP contribution in [0, 0.1) is 5.82 Å². The average molecular weight is 302 g/mol. The first-order valence-electron chi connectivity index (χ1n) is 6.97. The fourth-order valence-corrected chi connectivity index (χ4v) is 4.05. The van der Waals surface area contributed by atoms with Gasteiger partial charge in [0.1, 0.15) is 5.82 Å². The van der Waals surface area contributed by atoms with Crippen molar-refractivity contribution >= 4 is 23.4 Å². The Morgan fingerprint density at radius 2 is 2.05 bits per heavy atom. The maximum atomic E-state index is 13.3. The molecule has 0 radical (unpaired) electrons. The van der Waals surface area contributed by atoms with Crippen LogP contribution in [0.4, 0.5) is 4.39 Å². The highest BCUT2D eigenvalue weighted by atomic mass is 35.5. The third-order valence-corrected chi connectivity index (χ3v) is 5.60. The predicted octanol–water partition coefficient (Wildman–Crippen LogP) is 4.41. The van der Waals surface area contributed by atoms with Crippen molar-refractivity contribution in [2.45, 2.75) is 49.8 Å². The van der Waals surface area contributed by atoms with Gasteiger partial charge in [0.2, 0.25) is 0 Å². The van der Waals surface area contributed by atoms with Crippen molar-refractivity contribution in [3.63, 3.8) is 0 Å². The highest BCUT2D eigenvalue weighted by molar-refractivity contribution is 7.99. The van der Waals surface area contributed by atoms with E-state index in [9.17, 15) is 4.39 Å². The van der Waals surface area contributed by atoms with Crippen molar-refractivity contribution < 1.29 is 4.39 Å². The van der Waals surface area contributed by atoms with E-state index in [2.05, 4.69) is 0 Å². The Balaban J connectivity index is 1.80. The van der Waals surface area contributed by atoms with Gasteiger partial charge in [-0.25, -0.2) is 4.39 Å². The van der Waals surface area contributed by atoms with E-state index in [1.165, 1.54) is 38.2 Å². The first-order chi connectivity index (χ1) is 9.16. The molecule has 2 N–H and O–H groups in total. The zero-order valence-corrected chi connectivity index (χ0v) is 12.7. The van der Waals surface area contributed by atoms with E-state index in [4.69, 9.17) is 17.3 Å². The molecule has 2 rings (SSSR count). The Kier molecular flexibility index (Phi) is 5.99. The quantitative estimate of drug-likeness (QED) is 0.871. The van der Waals surface area contributed by atoms with Gasteiger partial charge in [-0.1, -0.05) is 43.0 Å². The second-order valence-electron chi connectivity index (χ2n) is 5.27. The molecule has 1 aromatic carbocycles. The molecule has 0 aromatic heterocycles. The van der Waals surface area contributed by atoms with Crippen LogP contribution >= 0.6 is 23.4 Å². The molecule has 1 aromatic rings. The molecule has 1 nitrogen and oxygen atoms in total. The lowest BCUT2D eigenvalue weighted by Gasteiger charge is -2.22. The van der Waals surface area contributed by atoms with E-state index < -0.39 is 0 Å². The van der Waals surface area contributed by atoms with Gasteiger partial charge in [-0.2, -0.15) is 11.8 Å². The lowest BCUT2D eigenvalue weighted by molar-refractivity contribution is 0.515. The summed E-state index contributed by atoms with van der Waals surface area (Å²) in [4.78, 5) is 0. The van der Waals surface area contributed by atoms with Gasteiger partial charge in [-0.05, 0) is 30.9 Å². The molecule has 106 valence electrons. The molecule has 19 heavy (non-hydrogen) atoms. The van der Waals surface area contributed by atoms with Crippen LogP contribution in [0.2, 0.25) is 5.02 Å². The Bertz CT molecular complexity index is 407. The molecule has 1 unspecified atom stereocenters. The maximum absolute atomic E-state index is 13.3. The minimum Gasteiger partial charge on any atom is -0.327 e. The lowest BCUT2D eigenvalue weighted by atomic mass is 10.0. The summed E-state index contributed by atoms with van der Waals surface area (Å²) in [6.45, 7) is 0. The highest BCUT2D eigenvalue weighted by Gasteiger charge is 2.16. The van der Waals surface area contributed by atoms with Crippen LogP contribution in [0.25, 0.3) is 0 Å². The Morgan fingerprint density at radius 3 is 2.79 bits per heavy atom. The molecular formula is C15H21ClFNS.